The van der Waals surface area contributed by atoms with Crippen LogP contribution in [0.5, 0.6) is 0 Å². The maximum Gasteiger partial charge on any atom is 0.210 e. The van der Waals surface area contributed by atoms with E-state index in [4.69, 9.17) is 0 Å². The van der Waals surface area contributed by atoms with Gasteiger partial charge in [-0.2, -0.15) is 5.10 Å². The molecule has 1 radical (unpaired) electrons. The molecule has 2 aromatic carbocycles. The molecule has 0 atom stereocenters. The molecule has 4 aromatic rings. The van der Waals surface area contributed by atoms with Crippen LogP contribution in [0.15, 0.2) is 70.8 Å². The Kier molecular flexibility index (Phi) is 5.41. The molecule has 4 rings (SSSR count). The first-order chi connectivity index (χ1) is 14.8. The van der Waals surface area contributed by atoms with Gasteiger partial charge in [-0.25, -0.2) is 17.2 Å². The third-order valence-electron chi connectivity index (χ3n) is 4.94. The highest BCUT2D eigenvalue weighted by atomic mass is 32.2. The largest absolute Gasteiger partial charge is 0.272 e. The van der Waals surface area contributed by atoms with E-state index in [9.17, 15) is 17.2 Å². The van der Waals surface area contributed by atoms with Crippen molar-refractivity contribution in [3.05, 3.63) is 84.3 Å². The number of pyridine rings is 1. The molecular weight excluding hydrogens is 420 g/mol. The van der Waals surface area contributed by atoms with Crippen LogP contribution in [0.25, 0.3) is 22.4 Å². The Hall–Kier alpha value is -3.39. The average Bonchev–Trinajstić information content (AvgIpc) is 3.20. The summed E-state index contributed by atoms with van der Waals surface area (Å²) in [5, 5.41) is 4.59. The van der Waals surface area contributed by atoms with E-state index in [0.29, 0.717) is 35.0 Å². The number of hydrogen-bond acceptors (Lipinski definition) is 4. The molecule has 0 unspecified atom stereocenters. The van der Waals surface area contributed by atoms with Gasteiger partial charge >= 0.3 is 0 Å². The van der Waals surface area contributed by atoms with Crippen LogP contribution < -0.4 is 0 Å². The zero-order valence-corrected chi connectivity index (χ0v) is 17.6. The van der Waals surface area contributed by atoms with Crippen LogP contribution >= 0.6 is 0 Å². The Morgan fingerprint density at radius 3 is 2.52 bits per heavy atom. The van der Waals surface area contributed by atoms with E-state index in [-0.39, 0.29) is 4.90 Å². The predicted molar refractivity (Wildman–Crippen MR) is 112 cm³/mol. The average molecular weight is 438 g/mol. The zero-order valence-electron chi connectivity index (χ0n) is 16.8. The van der Waals surface area contributed by atoms with E-state index in [2.05, 4.69) is 16.1 Å². The summed E-state index contributed by atoms with van der Waals surface area (Å²) >= 11 is 0. The van der Waals surface area contributed by atoms with E-state index >= 15 is 0 Å². The van der Waals surface area contributed by atoms with Gasteiger partial charge in [-0.15, -0.1) is 0 Å². The van der Waals surface area contributed by atoms with Crippen LogP contribution in [0.4, 0.5) is 8.78 Å². The molecule has 31 heavy (non-hydrogen) atoms. The van der Waals surface area contributed by atoms with E-state index in [0.717, 1.165) is 17.7 Å². The van der Waals surface area contributed by atoms with Gasteiger partial charge in [0, 0.05) is 36.3 Å². The molecule has 5 nitrogen and oxygen atoms in total. The quantitative estimate of drug-likeness (QED) is 0.447. The van der Waals surface area contributed by atoms with Crippen LogP contribution in [0, 0.1) is 24.6 Å². The van der Waals surface area contributed by atoms with Gasteiger partial charge in [0.05, 0.1) is 4.90 Å². The summed E-state index contributed by atoms with van der Waals surface area (Å²) in [6.45, 7) is 4.18. The van der Waals surface area contributed by atoms with Crippen molar-refractivity contribution < 1.29 is 17.2 Å². The van der Waals surface area contributed by atoms with Crippen LogP contribution in [0.1, 0.15) is 12.5 Å². The molecule has 0 bridgehead atoms. The van der Waals surface area contributed by atoms with E-state index < -0.39 is 26.4 Å². The molecule has 2 heterocycles. The van der Waals surface area contributed by atoms with Gasteiger partial charge < -0.3 is 0 Å². The molecule has 0 aliphatic carbocycles. The third-order valence-corrected chi connectivity index (χ3v) is 6.75. The number of hydrogen-bond donors (Lipinski definition) is 0. The molecule has 8 heteroatoms. The zero-order chi connectivity index (χ0) is 22.2. The second kappa shape index (κ2) is 8.03. The van der Waals surface area contributed by atoms with Crippen LogP contribution in [-0.4, -0.2) is 23.2 Å². The second-order valence-corrected chi connectivity index (χ2v) is 8.79. The summed E-state index contributed by atoms with van der Waals surface area (Å²) in [5.74, 6) is -1.86. The number of rotatable bonds is 5. The van der Waals surface area contributed by atoms with E-state index in [1.165, 1.54) is 12.1 Å². The summed E-state index contributed by atoms with van der Waals surface area (Å²) in [6, 6.07) is 11.7. The fourth-order valence-electron chi connectivity index (χ4n) is 3.41. The summed E-state index contributed by atoms with van der Waals surface area (Å²) < 4.78 is 56.7. The lowest BCUT2D eigenvalue weighted by molar-refractivity contribution is 0.553. The lowest BCUT2D eigenvalue weighted by atomic mass is 9.99. The minimum Gasteiger partial charge on any atom is -0.272 e. The highest BCUT2D eigenvalue weighted by molar-refractivity contribution is 7.91. The molecule has 0 saturated heterocycles. The van der Waals surface area contributed by atoms with Crippen molar-refractivity contribution in [1.29, 1.82) is 0 Å². The minimum absolute atomic E-state index is 0.162. The molecule has 0 aliphatic rings. The van der Waals surface area contributed by atoms with Gasteiger partial charge in [0.1, 0.15) is 22.2 Å². The Bertz CT molecular complexity index is 1370. The standard InChI is InChI=1S/C23H18F2N3O2S/c1-3-28-14-18(16-9-11-26-12-10-16)23(27-28)22-15(2)5-4-6-20(22)31(29,30)21-13-17(24)7-8-19(21)25/h4,6-14H,3H2,1-2H3. The highest BCUT2D eigenvalue weighted by Gasteiger charge is 2.29. The van der Waals surface area contributed by atoms with E-state index in [1.54, 1.807) is 36.1 Å². The summed E-state index contributed by atoms with van der Waals surface area (Å²) in [6.07, 6.45) is 5.08. The summed E-state index contributed by atoms with van der Waals surface area (Å²) in [4.78, 5) is 3.14. The second-order valence-electron chi connectivity index (χ2n) is 6.90. The van der Waals surface area contributed by atoms with Crippen molar-refractivity contribution >= 4 is 9.84 Å². The number of benzene rings is 2. The van der Waals surface area contributed by atoms with Gasteiger partial charge in [0.2, 0.25) is 9.84 Å². The Balaban J connectivity index is 2.02. The molecule has 2 aromatic heterocycles. The monoisotopic (exact) mass is 438 g/mol. The fraction of sp³-hybridized carbons (Fsp3) is 0.130. The molecular formula is C23H18F2N3O2S. The van der Waals surface area contributed by atoms with Gasteiger partial charge in [-0.05, 0) is 67.4 Å². The number of sulfone groups is 1. The lowest BCUT2D eigenvalue weighted by Gasteiger charge is -2.14. The molecule has 0 spiro atoms. The maximum atomic E-state index is 14.4. The van der Waals surface area contributed by atoms with Crippen molar-refractivity contribution in [1.82, 2.24) is 14.8 Å². The van der Waals surface area contributed by atoms with Crippen LogP contribution in [-0.2, 0) is 16.4 Å². The predicted octanol–water partition coefficient (Wildman–Crippen LogP) is 4.85. The first-order valence-corrected chi connectivity index (χ1v) is 11.0. The van der Waals surface area contributed by atoms with Gasteiger partial charge in [0.25, 0.3) is 0 Å². The van der Waals surface area contributed by atoms with Crippen molar-refractivity contribution in [2.45, 2.75) is 30.2 Å². The van der Waals surface area contributed by atoms with Crippen molar-refractivity contribution in [3.63, 3.8) is 0 Å². The molecule has 0 aliphatic heterocycles. The molecule has 157 valence electrons. The Labute approximate surface area is 178 Å². The number of halogens is 2. The summed E-state index contributed by atoms with van der Waals surface area (Å²) in [5.41, 5.74) is 2.73. The Morgan fingerprint density at radius 2 is 1.81 bits per heavy atom. The minimum atomic E-state index is -4.39. The normalized spacial score (nSPS) is 11.6. The maximum absolute atomic E-state index is 14.4. The molecule has 0 N–H and O–H groups in total. The van der Waals surface area contributed by atoms with Gasteiger partial charge in [0.15, 0.2) is 0 Å². The topological polar surface area (TPSA) is 64.8 Å². The van der Waals surface area contributed by atoms with Gasteiger partial charge in [-0.3, -0.25) is 9.67 Å². The van der Waals surface area contributed by atoms with Crippen molar-refractivity contribution in [2.24, 2.45) is 0 Å². The molecule has 0 saturated carbocycles. The van der Waals surface area contributed by atoms with E-state index in [1.807, 2.05) is 13.1 Å². The van der Waals surface area contributed by atoms with Gasteiger partial charge in [-0.1, -0.05) is 6.07 Å². The first kappa shape index (κ1) is 20.9. The highest BCUT2D eigenvalue weighted by Crippen LogP contribution is 2.39. The lowest BCUT2D eigenvalue weighted by Crippen LogP contribution is -2.08. The van der Waals surface area contributed by atoms with Crippen molar-refractivity contribution in [2.75, 3.05) is 0 Å². The van der Waals surface area contributed by atoms with Crippen molar-refractivity contribution in [3.8, 4) is 22.4 Å². The first-order valence-electron chi connectivity index (χ1n) is 9.52. The van der Waals surface area contributed by atoms with Crippen LogP contribution in [0.3, 0.4) is 0 Å². The summed E-state index contributed by atoms with van der Waals surface area (Å²) in [7, 11) is -4.39. The Morgan fingerprint density at radius 1 is 1.06 bits per heavy atom. The molecule has 0 fully saturated rings. The smallest absolute Gasteiger partial charge is 0.210 e. The number of aryl methyl sites for hydroxylation is 2. The number of aromatic nitrogens is 3. The SMILES string of the molecule is CCn1cc(-c2ccncc2)c(-c2c(C)[c]ccc2S(=O)(=O)c2cc(F)ccc2F)n1. The molecule has 0 amide bonds. The third kappa shape index (κ3) is 3.74. The van der Waals surface area contributed by atoms with Crippen LogP contribution in [0.2, 0.25) is 0 Å². The fourth-order valence-corrected chi connectivity index (χ4v) is 5.01. The number of nitrogens with zero attached hydrogens (tertiary/aromatic N) is 3.